The summed E-state index contributed by atoms with van der Waals surface area (Å²) in [5, 5.41) is 0.942. The summed E-state index contributed by atoms with van der Waals surface area (Å²) >= 11 is 1.73. The highest BCUT2D eigenvalue weighted by molar-refractivity contribution is 8.17. The molecular weight excluding hydrogens is 376 g/mol. The molecule has 2 heterocycles. The minimum atomic E-state index is -0.352. The first-order valence-electron chi connectivity index (χ1n) is 9.37. The average molecular weight is 401 g/mol. The van der Waals surface area contributed by atoms with Gasteiger partial charge in [0.25, 0.3) is 0 Å². The molecule has 1 aliphatic carbocycles. The van der Waals surface area contributed by atoms with Crippen LogP contribution in [-0.4, -0.2) is 37.4 Å². The predicted octanol–water partition coefficient (Wildman–Crippen LogP) is 4.40. The fraction of sp³-hybridized carbons (Fsp3) is 0.429. The van der Waals surface area contributed by atoms with Crippen molar-refractivity contribution in [3.05, 3.63) is 45.6 Å². The average Bonchev–Trinajstić information content (AvgIpc) is 3.09. The second kappa shape index (κ2) is 7.54. The molecule has 0 unspecified atom stereocenters. The molecule has 2 aliphatic heterocycles. The van der Waals surface area contributed by atoms with E-state index < -0.39 is 0 Å². The van der Waals surface area contributed by atoms with Crippen LogP contribution >= 0.6 is 11.8 Å². The SMILES string of the molecule is COC(=O)C1=C(C)N=C2SC3=C(CCCC3)N2[C@H]1c1ccc(OC)c(OC)c1. The summed E-state index contributed by atoms with van der Waals surface area (Å²) in [5.41, 5.74) is 3.50. The number of nitrogens with zero attached hydrogens (tertiary/aromatic N) is 2. The number of hydrogen-bond donors (Lipinski definition) is 0. The smallest absolute Gasteiger partial charge is 0.338 e. The lowest BCUT2D eigenvalue weighted by atomic mass is 9.92. The molecule has 1 aromatic carbocycles. The van der Waals surface area contributed by atoms with Gasteiger partial charge in [-0.2, -0.15) is 0 Å². The molecule has 148 valence electrons. The highest BCUT2D eigenvalue weighted by atomic mass is 32.2. The Balaban J connectivity index is 1.88. The number of fused-ring (bicyclic) bond motifs is 2. The van der Waals surface area contributed by atoms with Crippen LogP contribution in [0.25, 0.3) is 0 Å². The number of esters is 1. The van der Waals surface area contributed by atoms with Crippen LogP contribution in [0.15, 0.2) is 45.1 Å². The van der Waals surface area contributed by atoms with E-state index in [1.807, 2.05) is 25.1 Å². The Morgan fingerprint density at radius 2 is 1.89 bits per heavy atom. The topological polar surface area (TPSA) is 60.4 Å². The molecule has 0 saturated heterocycles. The van der Waals surface area contributed by atoms with Crippen molar-refractivity contribution in [2.45, 2.75) is 38.6 Å². The number of ether oxygens (including phenoxy) is 3. The summed E-state index contributed by atoms with van der Waals surface area (Å²) < 4.78 is 16.0. The Morgan fingerprint density at radius 1 is 1.14 bits per heavy atom. The van der Waals surface area contributed by atoms with Gasteiger partial charge in [0.1, 0.15) is 0 Å². The number of aliphatic imine (C=N–C) groups is 1. The van der Waals surface area contributed by atoms with Crippen molar-refractivity contribution < 1.29 is 19.0 Å². The highest BCUT2D eigenvalue weighted by Crippen LogP contribution is 2.51. The monoisotopic (exact) mass is 400 g/mol. The van der Waals surface area contributed by atoms with Gasteiger partial charge in [-0.1, -0.05) is 17.8 Å². The number of carbonyl (C=O) groups excluding carboxylic acids is 1. The van der Waals surface area contributed by atoms with Crippen molar-refractivity contribution in [1.29, 1.82) is 0 Å². The quantitative estimate of drug-likeness (QED) is 0.699. The van der Waals surface area contributed by atoms with E-state index in [1.165, 1.54) is 24.1 Å². The van der Waals surface area contributed by atoms with E-state index in [2.05, 4.69) is 4.90 Å². The number of rotatable bonds is 4. The number of methoxy groups -OCH3 is 3. The highest BCUT2D eigenvalue weighted by Gasteiger charge is 2.43. The van der Waals surface area contributed by atoms with Gasteiger partial charge in [-0.25, -0.2) is 9.79 Å². The molecule has 1 atom stereocenters. The Bertz CT molecular complexity index is 919. The summed E-state index contributed by atoms with van der Waals surface area (Å²) in [7, 11) is 4.64. The van der Waals surface area contributed by atoms with E-state index in [0.29, 0.717) is 22.8 Å². The third-order valence-electron chi connectivity index (χ3n) is 5.41. The van der Waals surface area contributed by atoms with Crippen molar-refractivity contribution >= 4 is 22.9 Å². The maximum Gasteiger partial charge on any atom is 0.338 e. The third kappa shape index (κ3) is 2.98. The molecule has 0 bridgehead atoms. The van der Waals surface area contributed by atoms with Crippen molar-refractivity contribution in [1.82, 2.24) is 4.90 Å². The van der Waals surface area contributed by atoms with Gasteiger partial charge in [0, 0.05) is 10.6 Å². The van der Waals surface area contributed by atoms with Gasteiger partial charge >= 0.3 is 5.97 Å². The largest absolute Gasteiger partial charge is 0.493 e. The summed E-state index contributed by atoms with van der Waals surface area (Å²) in [6, 6.07) is 5.51. The fourth-order valence-corrected chi connectivity index (χ4v) is 5.36. The molecule has 0 N–H and O–H groups in total. The van der Waals surface area contributed by atoms with Crippen molar-refractivity contribution in [3.63, 3.8) is 0 Å². The molecule has 0 spiro atoms. The number of amidine groups is 1. The first-order valence-corrected chi connectivity index (χ1v) is 10.2. The Labute approximate surface area is 169 Å². The van der Waals surface area contributed by atoms with Gasteiger partial charge in [0.2, 0.25) is 0 Å². The Kier molecular flexibility index (Phi) is 5.10. The van der Waals surface area contributed by atoms with Crippen LogP contribution in [0.4, 0.5) is 0 Å². The van der Waals surface area contributed by atoms with Crippen LogP contribution in [0.1, 0.15) is 44.2 Å². The van der Waals surface area contributed by atoms with Crippen molar-refractivity contribution in [2.75, 3.05) is 21.3 Å². The van der Waals surface area contributed by atoms with Crippen molar-refractivity contribution in [2.24, 2.45) is 4.99 Å². The normalized spacial score (nSPS) is 21.2. The molecule has 1 aromatic rings. The molecule has 6 nitrogen and oxygen atoms in total. The minimum Gasteiger partial charge on any atom is -0.493 e. The summed E-state index contributed by atoms with van der Waals surface area (Å²) in [4.78, 5) is 21.1. The number of carbonyl (C=O) groups is 1. The van der Waals surface area contributed by atoms with Gasteiger partial charge in [0.15, 0.2) is 16.7 Å². The molecule has 0 saturated carbocycles. The van der Waals surface area contributed by atoms with Gasteiger partial charge in [-0.3, -0.25) is 0 Å². The lowest BCUT2D eigenvalue weighted by molar-refractivity contribution is -0.136. The second-order valence-electron chi connectivity index (χ2n) is 6.95. The number of hydrogen-bond acceptors (Lipinski definition) is 7. The Morgan fingerprint density at radius 3 is 2.61 bits per heavy atom. The first-order chi connectivity index (χ1) is 13.6. The van der Waals surface area contributed by atoms with Crippen LogP contribution in [-0.2, 0) is 9.53 Å². The van der Waals surface area contributed by atoms with Gasteiger partial charge in [-0.15, -0.1) is 0 Å². The van der Waals surface area contributed by atoms with Crippen LogP contribution in [0, 0.1) is 0 Å². The molecule has 28 heavy (non-hydrogen) atoms. The fourth-order valence-electron chi connectivity index (χ4n) is 4.08. The summed E-state index contributed by atoms with van der Waals surface area (Å²) in [5.74, 6) is 0.940. The number of allylic oxidation sites excluding steroid dienone is 3. The molecule has 4 rings (SSSR count). The van der Waals surface area contributed by atoms with E-state index in [4.69, 9.17) is 19.2 Å². The van der Waals surface area contributed by atoms with Gasteiger partial charge < -0.3 is 19.1 Å². The lowest BCUT2D eigenvalue weighted by Crippen LogP contribution is -2.36. The van der Waals surface area contributed by atoms with Crippen LogP contribution in [0.5, 0.6) is 11.5 Å². The van der Waals surface area contributed by atoms with Crippen LogP contribution < -0.4 is 9.47 Å². The zero-order chi connectivity index (χ0) is 19.8. The maximum absolute atomic E-state index is 12.7. The molecule has 0 aromatic heterocycles. The van der Waals surface area contributed by atoms with E-state index in [9.17, 15) is 4.79 Å². The number of thioether (sulfide) groups is 1. The molecule has 0 fully saturated rings. The van der Waals surface area contributed by atoms with Crippen molar-refractivity contribution in [3.8, 4) is 11.5 Å². The van der Waals surface area contributed by atoms with E-state index in [0.717, 1.165) is 30.0 Å². The van der Waals surface area contributed by atoms with E-state index >= 15 is 0 Å². The first kappa shape index (κ1) is 18.9. The van der Waals surface area contributed by atoms with Gasteiger partial charge in [-0.05, 0) is 50.3 Å². The minimum absolute atomic E-state index is 0.294. The molecule has 0 amide bonds. The molecule has 0 radical (unpaired) electrons. The zero-order valence-electron chi connectivity index (χ0n) is 16.6. The third-order valence-corrected chi connectivity index (χ3v) is 6.57. The zero-order valence-corrected chi connectivity index (χ0v) is 17.4. The second-order valence-corrected chi connectivity index (χ2v) is 8.01. The molecular formula is C21H24N2O4S. The summed E-state index contributed by atoms with van der Waals surface area (Å²) in [6.45, 7) is 1.88. The predicted molar refractivity (Wildman–Crippen MR) is 109 cm³/mol. The lowest BCUT2D eigenvalue weighted by Gasteiger charge is -2.36. The van der Waals surface area contributed by atoms with Crippen LogP contribution in [0.2, 0.25) is 0 Å². The van der Waals surface area contributed by atoms with Crippen LogP contribution in [0.3, 0.4) is 0 Å². The van der Waals surface area contributed by atoms with Gasteiger partial charge in [0.05, 0.1) is 38.6 Å². The maximum atomic E-state index is 12.7. The number of benzene rings is 1. The molecule has 7 heteroatoms. The molecule has 3 aliphatic rings. The standard InChI is InChI=1S/C21H24N2O4S/c1-12-18(20(24)27-4)19(13-9-10-15(25-2)16(11-13)26-3)23-14-7-5-6-8-17(14)28-21(23)22-12/h9-11,19H,5-8H2,1-4H3/t19-/m0/s1. The van der Waals surface area contributed by atoms with E-state index in [1.54, 1.807) is 26.0 Å². The summed E-state index contributed by atoms with van der Waals surface area (Å²) in [6.07, 6.45) is 4.42. The Hall–Kier alpha value is -2.41. The van der Waals surface area contributed by atoms with E-state index in [-0.39, 0.29) is 12.0 Å².